The predicted molar refractivity (Wildman–Crippen MR) is 70.1 cm³/mol. The zero-order chi connectivity index (χ0) is 11.2. The van der Waals surface area contributed by atoms with Crippen LogP contribution in [0, 0.1) is 0 Å². The van der Waals surface area contributed by atoms with Gasteiger partial charge in [0.25, 0.3) is 0 Å². The molecule has 1 aliphatic rings. The third-order valence-corrected chi connectivity index (χ3v) is 4.96. The van der Waals surface area contributed by atoms with Crippen molar-refractivity contribution in [1.82, 2.24) is 14.7 Å². The quantitative estimate of drug-likeness (QED) is 0.880. The van der Waals surface area contributed by atoms with Crippen LogP contribution < -0.4 is 5.32 Å². The largest absolute Gasteiger partial charge is 0.314 e. The molecule has 1 heterocycles. The van der Waals surface area contributed by atoms with Gasteiger partial charge in [-0.15, -0.1) is 0 Å². The normalized spacial score (nSPS) is 25.8. The van der Waals surface area contributed by atoms with E-state index in [-0.39, 0.29) is 0 Å². The second-order valence-electron chi connectivity index (χ2n) is 4.26. The van der Waals surface area contributed by atoms with Gasteiger partial charge in [-0.3, -0.25) is 0 Å². The summed E-state index contributed by atoms with van der Waals surface area (Å²) < 4.78 is 5.18. The van der Waals surface area contributed by atoms with Gasteiger partial charge in [0.05, 0.1) is 0 Å². The van der Waals surface area contributed by atoms with Crippen LogP contribution in [0.3, 0.4) is 0 Å². The third kappa shape index (κ3) is 3.71. The maximum absolute atomic E-state index is 4.25. The standard InChI is InChI=1S/C11H19N3S2/c1-2-6-12-9-4-3-5-10(7-9)15-11-13-8-14-16-11/h8-10,12H,2-7H2,1H3. The van der Waals surface area contributed by atoms with E-state index in [1.54, 1.807) is 6.33 Å². The molecule has 1 aromatic rings. The van der Waals surface area contributed by atoms with Crippen molar-refractivity contribution in [2.75, 3.05) is 6.54 Å². The lowest BCUT2D eigenvalue weighted by molar-refractivity contribution is 0.381. The first-order chi connectivity index (χ1) is 7.88. The van der Waals surface area contributed by atoms with E-state index in [2.05, 4.69) is 21.6 Å². The molecule has 1 aliphatic carbocycles. The van der Waals surface area contributed by atoms with Crippen molar-refractivity contribution in [2.45, 2.75) is 54.7 Å². The number of aromatic nitrogens is 2. The van der Waals surface area contributed by atoms with Crippen LogP contribution in [0.25, 0.3) is 0 Å². The third-order valence-electron chi connectivity index (χ3n) is 2.92. The van der Waals surface area contributed by atoms with E-state index in [1.165, 1.54) is 43.6 Å². The van der Waals surface area contributed by atoms with E-state index in [1.807, 2.05) is 11.8 Å². The van der Waals surface area contributed by atoms with Gasteiger partial charge in [-0.2, -0.15) is 4.37 Å². The maximum Gasteiger partial charge on any atom is 0.170 e. The molecule has 1 saturated carbocycles. The molecule has 1 aromatic heterocycles. The highest BCUT2D eigenvalue weighted by Crippen LogP contribution is 2.33. The van der Waals surface area contributed by atoms with Crippen LogP contribution >= 0.6 is 23.3 Å². The molecule has 1 N–H and O–H groups in total. The van der Waals surface area contributed by atoms with Gasteiger partial charge in [0, 0.05) is 11.3 Å². The van der Waals surface area contributed by atoms with Gasteiger partial charge in [0.2, 0.25) is 0 Å². The summed E-state index contributed by atoms with van der Waals surface area (Å²) in [7, 11) is 0. The zero-order valence-electron chi connectivity index (χ0n) is 9.69. The molecular formula is C11H19N3S2. The monoisotopic (exact) mass is 257 g/mol. The molecule has 5 heteroatoms. The Balaban J connectivity index is 1.77. The van der Waals surface area contributed by atoms with Crippen LogP contribution in [0.1, 0.15) is 39.0 Å². The molecule has 0 aromatic carbocycles. The number of nitrogens with one attached hydrogen (secondary N) is 1. The van der Waals surface area contributed by atoms with Gasteiger partial charge < -0.3 is 5.32 Å². The van der Waals surface area contributed by atoms with E-state index in [0.717, 1.165) is 22.2 Å². The molecule has 1 fully saturated rings. The summed E-state index contributed by atoms with van der Waals surface area (Å²) in [5.41, 5.74) is 0. The smallest absolute Gasteiger partial charge is 0.170 e. The second-order valence-corrected chi connectivity index (χ2v) is 6.59. The summed E-state index contributed by atoms with van der Waals surface area (Å²) in [5.74, 6) is 0. The summed E-state index contributed by atoms with van der Waals surface area (Å²) in [6.07, 6.45) is 8.18. The number of nitrogens with zero attached hydrogens (tertiary/aromatic N) is 2. The minimum absolute atomic E-state index is 0.721. The summed E-state index contributed by atoms with van der Waals surface area (Å²) in [6, 6.07) is 0.721. The lowest BCUT2D eigenvalue weighted by Gasteiger charge is -2.28. The van der Waals surface area contributed by atoms with Crippen molar-refractivity contribution < 1.29 is 0 Å². The van der Waals surface area contributed by atoms with Crippen LogP contribution in [0.5, 0.6) is 0 Å². The lowest BCUT2D eigenvalue weighted by Crippen LogP contribution is -2.35. The molecule has 0 saturated heterocycles. The maximum atomic E-state index is 4.25. The Kier molecular flexibility index (Phi) is 5.06. The fraction of sp³-hybridized carbons (Fsp3) is 0.818. The molecule has 0 radical (unpaired) electrons. The van der Waals surface area contributed by atoms with Gasteiger partial charge in [-0.05, 0) is 43.8 Å². The Morgan fingerprint density at radius 1 is 1.56 bits per heavy atom. The summed E-state index contributed by atoms with van der Waals surface area (Å²) in [6.45, 7) is 3.38. The Morgan fingerprint density at radius 3 is 3.25 bits per heavy atom. The van der Waals surface area contributed by atoms with Gasteiger partial charge in [-0.25, -0.2) is 4.98 Å². The van der Waals surface area contributed by atoms with Gasteiger partial charge in [0.1, 0.15) is 6.33 Å². The van der Waals surface area contributed by atoms with Crippen molar-refractivity contribution in [1.29, 1.82) is 0 Å². The molecule has 2 rings (SSSR count). The molecule has 0 amide bonds. The van der Waals surface area contributed by atoms with Crippen LogP contribution in [0.15, 0.2) is 10.7 Å². The number of thioether (sulfide) groups is 1. The predicted octanol–water partition coefficient (Wildman–Crippen LogP) is 2.94. The van der Waals surface area contributed by atoms with E-state index in [0.29, 0.717) is 0 Å². The fourth-order valence-electron chi connectivity index (χ4n) is 2.14. The van der Waals surface area contributed by atoms with Gasteiger partial charge in [0.15, 0.2) is 4.34 Å². The molecule has 16 heavy (non-hydrogen) atoms. The van der Waals surface area contributed by atoms with Crippen LogP contribution in [-0.2, 0) is 0 Å². The lowest BCUT2D eigenvalue weighted by atomic mass is 9.95. The minimum Gasteiger partial charge on any atom is -0.314 e. The summed E-state index contributed by atoms with van der Waals surface area (Å²) in [5, 5.41) is 4.37. The first kappa shape index (κ1) is 12.3. The molecule has 90 valence electrons. The van der Waals surface area contributed by atoms with Gasteiger partial charge in [-0.1, -0.05) is 25.1 Å². The first-order valence-corrected chi connectivity index (χ1v) is 7.70. The average molecular weight is 257 g/mol. The molecule has 2 atom stereocenters. The number of rotatable bonds is 5. The van der Waals surface area contributed by atoms with Crippen molar-refractivity contribution in [3.63, 3.8) is 0 Å². The molecule has 3 nitrogen and oxygen atoms in total. The summed E-state index contributed by atoms with van der Waals surface area (Å²) in [4.78, 5) is 4.25. The Bertz CT molecular complexity index is 289. The Morgan fingerprint density at radius 2 is 2.50 bits per heavy atom. The topological polar surface area (TPSA) is 37.8 Å². The summed E-state index contributed by atoms with van der Waals surface area (Å²) >= 11 is 3.43. The fourth-order valence-corrected chi connectivity index (χ4v) is 4.14. The van der Waals surface area contributed by atoms with E-state index in [9.17, 15) is 0 Å². The molecule has 0 spiro atoms. The molecular weight excluding hydrogens is 238 g/mol. The molecule has 0 bridgehead atoms. The average Bonchev–Trinajstić information content (AvgIpc) is 2.80. The first-order valence-electron chi connectivity index (χ1n) is 6.05. The van der Waals surface area contributed by atoms with E-state index < -0.39 is 0 Å². The Hall–Kier alpha value is -0.130. The highest BCUT2D eigenvalue weighted by atomic mass is 32.2. The molecule has 0 aliphatic heterocycles. The number of hydrogen-bond acceptors (Lipinski definition) is 5. The second kappa shape index (κ2) is 6.57. The zero-order valence-corrected chi connectivity index (χ0v) is 11.3. The Labute approximate surface area is 106 Å². The van der Waals surface area contributed by atoms with Crippen LogP contribution in [0.4, 0.5) is 0 Å². The van der Waals surface area contributed by atoms with E-state index >= 15 is 0 Å². The van der Waals surface area contributed by atoms with Crippen molar-refractivity contribution >= 4 is 23.3 Å². The highest BCUT2D eigenvalue weighted by molar-refractivity contribution is 8.01. The van der Waals surface area contributed by atoms with Crippen molar-refractivity contribution in [3.8, 4) is 0 Å². The highest BCUT2D eigenvalue weighted by Gasteiger charge is 2.22. The van der Waals surface area contributed by atoms with Crippen molar-refractivity contribution in [3.05, 3.63) is 6.33 Å². The SMILES string of the molecule is CCCNC1CCCC(Sc2ncns2)C1. The van der Waals surface area contributed by atoms with Crippen LogP contribution in [-0.4, -0.2) is 27.2 Å². The minimum atomic E-state index is 0.721. The van der Waals surface area contributed by atoms with Crippen LogP contribution in [0.2, 0.25) is 0 Å². The number of hydrogen-bond donors (Lipinski definition) is 1. The van der Waals surface area contributed by atoms with Gasteiger partial charge >= 0.3 is 0 Å². The van der Waals surface area contributed by atoms with Crippen molar-refractivity contribution in [2.24, 2.45) is 0 Å². The molecule has 2 unspecified atom stereocenters. The van der Waals surface area contributed by atoms with E-state index in [4.69, 9.17) is 0 Å².